The lowest BCUT2D eigenvalue weighted by Gasteiger charge is -2.27. The van der Waals surface area contributed by atoms with Gasteiger partial charge in [0.05, 0.1) is 0 Å². The minimum Gasteiger partial charge on any atom is -0.481 e. The zero-order chi connectivity index (χ0) is 14.2. The summed E-state index contributed by atoms with van der Waals surface area (Å²) in [6.07, 6.45) is -0.442. The van der Waals surface area contributed by atoms with Gasteiger partial charge in [0.2, 0.25) is 0 Å². The maximum absolute atomic E-state index is 11.2. The maximum Gasteiger partial charge on any atom is 0.621 e. The van der Waals surface area contributed by atoms with Crippen LogP contribution in [0.2, 0.25) is 0 Å². The summed E-state index contributed by atoms with van der Waals surface area (Å²) >= 11 is 0. The van der Waals surface area contributed by atoms with Crippen LogP contribution in [-0.4, -0.2) is 49.9 Å². The van der Waals surface area contributed by atoms with E-state index in [1.165, 1.54) is 0 Å². The molecule has 0 spiro atoms. The molecule has 0 saturated carbocycles. The molecule has 0 saturated heterocycles. The number of carbonyl (C=O) groups is 2. The third-order valence-corrected chi connectivity index (χ3v) is 4.63. The van der Waals surface area contributed by atoms with Crippen LogP contribution in [0.25, 0.3) is 0 Å². The van der Waals surface area contributed by atoms with Gasteiger partial charge in [-0.05, 0) is 27.2 Å². The van der Waals surface area contributed by atoms with Gasteiger partial charge in [-0.25, -0.2) is 4.79 Å². The first-order valence-electron chi connectivity index (χ1n) is 5.78. The molecule has 0 radical (unpaired) electrons. The Labute approximate surface area is 107 Å². The van der Waals surface area contributed by atoms with E-state index in [1.54, 1.807) is 20.8 Å². The Hall–Kier alpha value is -0.963. The molecule has 0 heterocycles. The number of hydrogen-bond donors (Lipinski definition) is 2. The third-order valence-electron chi connectivity index (χ3n) is 2.05. The topological polar surface area (TPSA) is 102 Å². The molecular weight excluding hydrogens is 260 g/mol. The summed E-state index contributed by atoms with van der Waals surface area (Å²) in [7, 11) is -3.78. The fraction of sp³-hybridized carbons (Fsp3) is 0.800. The second kappa shape index (κ2) is 8.19. The van der Waals surface area contributed by atoms with Crippen LogP contribution in [0.5, 0.6) is 0 Å². The largest absolute Gasteiger partial charge is 0.621 e. The van der Waals surface area contributed by atoms with Crippen molar-refractivity contribution in [2.45, 2.75) is 39.7 Å². The summed E-state index contributed by atoms with van der Waals surface area (Å²) in [6.45, 7) is 5.21. The van der Waals surface area contributed by atoms with Gasteiger partial charge in [0, 0.05) is 25.7 Å². The van der Waals surface area contributed by atoms with E-state index < -0.39 is 26.5 Å². The first kappa shape index (κ1) is 17.0. The van der Waals surface area contributed by atoms with Crippen molar-refractivity contribution in [1.29, 1.82) is 0 Å². The Balaban J connectivity index is 4.64. The van der Waals surface area contributed by atoms with E-state index in [2.05, 4.69) is 0 Å². The molecular formula is C10H20O7Si. The summed E-state index contributed by atoms with van der Waals surface area (Å²) in [6, 6.07) is 0. The van der Waals surface area contributed by atoms with Gasteiger partial charge in [0.15, 0.2) is 0 Å². The average Bonchev–Trinajstić information content (AvgIpc) is 2.26. The van der Waals surface area contributed by atoms with Crippen LogP contribution in [0.15, 0.2) is 0 Å². The molecule has 0 rings (SSSR count). The van der Waals surface area contributed by atoms with E-state index in [1.807, 2.05) is 0 Å². The lowest BCUT2D eigenvalue weighted by Crippen LogP contribution is -2.55. The van der Waals surface area contributed by atoms with Gasteiger partial charge in [-0.2, -0.15) is 0 Å². The number of aliphatic carboxylic acids is 1. The molecule has 0 aliphatic carbocycles. The van der Waals surface area contributed by atoms with Gasteiger partial charge in [-0.1, -0.05) is 0 Å². The number of rotatable bonds is 10. The van der Waals surface area contributed by atoms with Gasteiger partial charge < -0.3 is 23.5 Å². The van der Waals surface area contributed by atoms with E-state index in [4.69, 9.17) is 18.4 Å². The molecule has 1 unspecified atom stereocenters. The summed E-state index contributed by atoms with van der Waals surface area (Å²) in [5.74, 6) is -0.958. The lowest BCUT2D eigenvalue weighted by atomic mass is 10.2. The maximum atomic E-state index is 11.2. The van der Waals surface area contributed by atoms with Crippen LogP contribution >= 0.6 is 0 Å². The van der Waals surface area contributed by atoms with Crippen LogP contribution < -0.4 is 0 Å². The summed E-state index contributed by atoms with van der Waals surface area (Å²) in [5, 5.41) is 17.7. The van der Waals surface area contributed by atoms with Crippen LogP contribution in [0.4, 0.5) is 4.79 Å². The van der Waals surface area contributed by atoms with Crippen LogP contribution in [0.3, 0.4) is 0 Å². The molecule has 106 valence electrons. The van der Waals surface area contributed by atoms with Crippen molar-refractivity contribution in [3.8, 4) is 0 Å². The minimum atomic E-state index is -3.78. The number of hydrogen-bond acceptors (Lipinski definition) is 5. The quantitative estimate of drug-likeness (QED) is 0.585. The molecule has 7 nitrogen and oxygen atoms in total. The van der Waals surface area contributed by atoms with Gasteiger partial charge in [-0.15, -0.1) is 0 Å². The van der Waals surface area contributed by atoms with Gasteiger partial charge in [-0.3, -0.25) is 4.79 Å². The Morgan fingerprint density at radius 3 is 2.00 bits per heavy atom. The second-order valence-corrected chi connectivity index (χ2v) is 5.94. The Morgan fingerprint density at radius 2 is 1.67 bits per heavy atom. The molecule has 1 atom stereocenters. The molecule has 0 bridgehead atoms. The zero-order valence-electron chi connectivity index (χ0n) is 10.8. The molecule has 0 amide bonds. The monoisotopic (exact) mass is 280 g/mol. The predicted octanol–water partition coefficient (Wildman–Crippen LogP) is 1.53. The molecule has 8 heteroatoms. The smallest absolute Gasteiger partial charge is 0.481 e. The van der Waals surface area contributed by atoms with Gasteiger partial charge in [0.1, 0.15) is 0 Å². The van der Waals surface area contributed by atoms with Crippen molar-refractivity contribution < 1.29 is 33.1 Å². The van der Waals surface area contributed by atoms with E-state index >= 15 is 0 Å². The standard InChI is InChI=1S/C10H20O7Si/c1-4-15-18(10(13)14,16-5-2)17-8(3)6-7-9(11)12/h8H,4-7H2,1-3H3,(H,11,12)(H,13,14). The normalized spacial score (nSPS) is 13.3. The molecule has 18 heavy (non-hydrogen) atoms. The van der Waals surface area contributed by atoms with Crippen LogP contribution in [0.1, 0.15) is 33.6 Å². The lowest BCUT2D eigenvalue weighted by molar-refractivity contribution is -0.137. The SMILES string of the molecule is CCO[Si](OCC)(OC(C)CCC(=O)O)C(=O)O. The summed E-state index contributed by atoms with van der Waals surface area (Å²) in [4.78, 5) is 21.7. The van der Waals surface area contributed by atoms with Crippen molar-refractivity contribution >= 4 is 20.4 Å². The first-order valence-corrected chi connectivity index (χ1v) is 7.51. The fourth-order valence-corrected chi connectivity index (χ4v) is 3.29. The highest BCUT2D eigenvalue weighted by Crippen LogP contribution is 2.16. The summed E-state index contributed by atoms with van der Waals surface area (Å²) < 4.78 is 15.7. The van der Waals surface area contributed by atoms with Gasteiger partial charge >= 0.3 is 20.4 Å². The van der Waals surface area contributed by atoms with Crippen molar-refractivity contribution in [1.82, 2.24) is 0 Å². The highest BCUT2D eigenvalue weighted by Gasteiger charge is 2.52. The van der Waals surface area contributed by atoms with Crippen molar-refractivity contribution in [3.05, 3.63) is 0 Å². The van der Waals surface area contributed by atoms with Crippen molar-refractivity contribution in [2.24, 2.45) is 0 Å². The fourth-order valence-electron chi connectivity index (χ4n) is 1.31. The molecule has 0 aromatic heterocycles. The second-order valence-electron chi connectivity index (χ2n) is 3.59. The first-order chi connectivity index (χ1) is 8.38. The molecule has 0 aromatic carbocycles. The Bertz CT molecular complexity index is 275. The molecule has 2 N–H and O–H groups in total. The van der Waals surface area contributed by atoms with Crippen molar-refractivity contribution in [2.75, 3.05) is 13.2 Å². The van der Waals surface area contributed by atoms with Crippen LogP contribution in [0, 0.1) is 0 Å². The molecule has 0 fully saturated rings. The highest BCUT2D eigenvalue weighted by molar-refractivity contribution is 6.90. The minimum absolute atomic E-state index is 0.0937. The molecule has 0 aliphatic rings. The Kier molecular flexibility index (Phi) is 7.76. The van der Waals surface area contributed by atoms with E-state index in [9.17, 15) is 14.7 Å². The number of carboxylic acid groups (broad SMARTS) is 2. The van der Waals surface area contributed by atoms with E-state index in [0.717, 1.165) is 0 Å². The third kappa shape index (κ3) is 5.58. The number of carboxylic acids is 1. The zero-order valence-corrected chi connectivity index (χ0v) is 11.8. The highest BCUT2D eigenvalue weighted by atomic mass is 28.4. The van der Waals surface area contributed by atoms with E-state index in [0.29, 0.717) is 0 Å². The molecule has 0 aromatic rings. The molecule has 0 aliphatic heterocycles. The average molecular weight is 280 g/mol. The van der Waals surface area contributed by atoms with Crippen molar-refractivity contribution in [3.63, 3.8) is 0 Å². The van der Waals surface area contributed by atoms with Gasteiger partial charge in [0.25, 0.3) is 0 Å². The van der Waals surface area contributed by atoms with Crippen LogP contribution in [-0.2, 0) is 18.1 Å². The van der Waals surface area contributed by atoms with E-state index in [-0.39, 0.29) is 26.1 Å². The predicted molar refractivity (Wildman–Crippen MR) is 64.4 cm³/mol. The Morgan fingerprint density at radius 1 is 1.17 bits per heavy atom. The summed E-state index contributed by atoms with van der Waals surface area (Å²) in [5.41, 5.74) is -1.26.